The van der Waals surface area contributed by atoms with Gasteiger partial charge in [0.25, 0.3) is 0 Å². The van der Waals surface area contributed by atoms with Crippen molar-refractivity contribution in [2.45, 2.75) is 25.8 Å². The number of aromatic nitrogens is 2. The smallest absolute Gasteiger partial charge is 0.119 e. The molecule has 0 saturated heterocycles. The lowest BCUT2D eigenvalue weighted by atomic mass is 10.1. The van der Waals surface area contributed by atoms with Gasteiger partial charge in [-0.05, 0) is 66.9 Å². The van der Waals surface area contributed by atoms with Crippen LogP contribution in [0.2, 0.25) is 0 Å². The maximum absolute atomic E-state index is 5.87. The van der Waals surface area contributed by atoms with E-state index in [1.165, 1.54) is 11.1 Å². The van der Waals surface area contributed by atoms with Gasteiger partial charge in [0.1, 0.15) is 23.1 Å². The Bertz CT molecular complexity index is 1100. The number of hydrogen-bond donors (Lipinski definition) is 0. The second kappa shape index (κ2) is 10.0. The number of nitrogens with zero attached hydrogens (tertiary/aromatic N) is 2. The summed E-state index contributed by atoms with van der Waals surface area (Å²) in [6, 6.07) is 24.3. The Morgan fingerprint density at radius 3 is 2.10 bits per heavy atom. The first-order valence-electron chi connectivity index (χ1n) is 10.6. The average Bonchev–Trinajstić information content (AvgIpc) is 3.16. The van der Waals surface area contributed by atoms with Crippen LogP contribution >= 0.6 is 0 Å². The molecule has 0 amide bonds. The van der Waals surface area contributed by atoms with Gasteiger partial charge in [-0.15, -0.1) is 0 Å². The van der Waals surface area contributed by atoms with Gasteiger partial charge in [-0.1, -0.05) is 24.3 Å². The number of unbranched alkanes of at least 4 members (excludes halogenated alkanes) is 1. The third kappa shape index (κ3) is 5.18. The average molecular weight is 417 g/mol. The SMILES string of the molecule is COc1ccc(Cc2nc3ccccc3n2CCCCOc2ccc(OC)cc2)cc1. The van der Waals surface area contributed by atoms with Gasteiger partial charge < -0.3 is 18.8 Å². The molecule has 0 spiro atoms. The summed E-state index contributed by atoms with van der Waals surface area (Å²) in [6.45, 7) is 1.60. The van der Waals surface area contributed by atoms with Crippen molar-refractivity contribution in [1.29, 1.82) is 0 Å². The van der Waals surface area contributed by atoms with E-state index in [-0.39, 0.29) is 0 Å². The molecule has 160 valence electrons. The highest BCUT2D eigenvalue weighted by molar-refractivity contribution is 5.76. The first-order valence-corrected chi connectivity index (χ1v) is 10.6. The maximum atomic E-state index is 5.87. The number of benzene rings is 3. The van der Waals surface area contributed by atoms with Crippen molar-refractivity contribution in [2.24, 2.45) is 0 Å². The molecular formula is C26H28N2O3. The summed E-state index contributed by atoms with van der Waals surface area (Å²) in [7, 11) is 3.35. The third-order valence-corrected chi connectivity index (χ3v) is 5.36. The minimum absolute atomic E-state index is 0.687. The summed E-state index contributed by atoms with van der Waals surface area (Å²) in [5.41, 5.74) is 3.45. The predicted octanol–water partition coefficient (Wildman–Crippen LogP) is 5.50. The highest BCUT2D eigenvalue weighted by Gasteiger charge is 2.11. The minimum atomic E-state index is 0.687. The number of imidazole rings is 1. The Morgan fingerprint density at radius 1 is 0.742 bits per heavy atom. The van der Waals surface area contributed by atoms with Gasteiger partial charge in [0.05, 0.1) is 31.9 Å². The summed E-state index contributed by atoms with van der Waals surface area (Å²) in [6.07, 6.45) is 2.79. The van der Waals surface area contributed by atoms with Crippen molar-refractivity contribution in [3.05, 3.63) is 84.2 Å². The van der Waals surface area contributed by atoms with Gasteiger partial charge in [-0.3, -0.25) is 0 Å². The molecule has 0 radical (unpaired) electrons. The van der Waals surface area contributed by atoms with Gasteiger partial charge >= 0.3 is 0 Å². The molecule has 4 aromatic rings. The molecule has 3 aromatic carbocycles. The fourth-order valence-electron chi connectivity index (χ4n) is 3.67. The molecule has 1 aromatic heterocycles. The lowest BCUT2D eigenvalue weighted by Gasteiger charge is -2.11. The van der Waals surface area contributed by atoms with E-state index in [0.717, 1.165) is 54.4 Å². The zero-order valence-corrected chi connectivity index (χ0v) is 18.1. The van der Waals surface area contributed by atoms with Gasteiger partial charge in [0.15, 0.2) is 0 Å². The predicted molar refractivity (Wildman–Crippen MR) is 123 cm³/mol. The fraction of sp³-hybridized carbons (Fsp3) is 0.269. The Kier molecular flexibility index (Phi) is 6.72. The number of para-hydroxylation sites is 2. The summed E-state index contributed by atoms with van der Waals surface area (Å²) in [4.78, 5) is 4.90. The van der Waals surface area contributed by atoms with Crippen molar-refractivity contribution in [3.8, 4) is 17.2 Å². The second-order valence-electron chi connectivity index (χ2n) is 7.42. The van der Waals surface area contributed by atoms with E-state index < -0.39 is 0 Å². The van der Waals surface area contributed by atoms with E-state index >= 15 is 0 Å². The lowest BCUT2D eigenvalue weighted by Crippen LogP contribution is -2.07. The van der Waals surface area contributed by atoms with Crippen molar-refractivity contribution in [2.75, 3.05) is 20.8 Å². The zero-order valence-electron chi connectivity index (χ0n) is 18.1. The Labute approximate surface area is 183 Å². The van der Waals surface area contributed by atoms with E-state index in [0.29, 0.717) is 6.61 Å². The number of rotatable bonds is 10. The van der Waals surface area contributed by atoms with Crippen LogP contribution in [0.1, 0.15) is 24.2 Å². The second-order valence-corrected chi connectivity index (χ2v) is 7.42. The molecule has 1 heterocycles. The van der Waals surface area contributed by atoms with Crippen LogP contribution in [0.4, 0.5) is 0 Å². The molecule has 0 aliphatic heterocycles. The first kappa shape index (κ1) is 20.8. The number of hydrogen-bond acceptors (Lipinski definition) is 4. The van der Waals surface area contributed by atoms with E-state index in [1.807, 2.05) is 42.5 Å². The quantitative estimate of drug-likeness (QED) is 0.320. The summed E-state index contributed by atoms with van der Waals surface area (Å²) in [5, 5.41) is 0. The first-order chi connectivity index (χ1) is 15.3. The van der Waals surface area contributed by atoms with Gasteiger partial charge in [-0.2, -0.15) is 0 Å². The molecule has 0 fully saturated rings. The largest absolute Gasteiger partial charge is 0.497 e. The van der Waals surface area contributed by atoms with Crippen molar-refractivity contribution >= 4 is 11.0 Å². The van der Waals surface area contributed by atoms with Crippen LogP contribution in [0.25, 0.3) is 11.0 Å². The molecule has 0 bridgehead atoms. The topological polar surface area (TPSA) is 45.5 Å². The van der Waals surface area contributed by atoms with Crippen molar-refractivity contribution in [1.82, 2.24) is 9.55 Å². The van der Waals surface area contributed by atoms with Crippen LogP contribution in [0, 0.1) is 0 Å². The van der Waals surface area contributed by atoms with E-state index in [4.69, 9.17) is 19.2 Å². The molecule has 5 heteroatoms. The van der Waals surface area contributed by atoms with Crippen LogP contribution < -0.4 is 14.2 Å². The lowest BCUT2D eigenvalue weighted by molar-refractivity contribution is 0.302. The van der Waals surface area contributed by atoms with Crippen molar-refractivity contribution < 1.29 is 14.2 Å². The Balaban J connectivity index is 1.39. The molecule has 0 N–H and O–H groups in total. The molecule has 4 rings (SSSR count). The molecule has 0 aliphatic carbocycles. The van der Waals surface area contributed by atoms with Crippen molar-refractivity contribution in [3.63, 3.8) is 0 Å². The number of ether oxygens (including phenoxy) is 3. The number of fused-ring (bicyclic) bond motifs is 1. The Hall–Kier alpha value is -3.47. The summed E-state index contributed by atoms with van der Waals surface area (Å²) >= 11 is 0. The van der Waals surface area contributed by atoms with Crippen LogP contribution in [0.3, 0.4) is 0 Å². The third-order valence-electron chi connectivity index (χ3n) is 5.36. The monoisotopic (exact) mass is 416 g/mol. The molecule has 0 aliphatic rings. The van der Waals surface area contributed by atoms with Gasteiger partial charge in [0.2, 0.25) is 0 Å². The van der Waals surface area contributed by atoms with E-state index in [2.05, 4.69) is 34.9 Å². The normalized spacial score (nSPS) is 10.9. The molecule has 31 heavy (non-hydrogen) atoms. The van der Waals surface area contributed by atoms with Gasteiger partial charge in [-0.25, -0.2) is 4.98 Å². The van der Waals surface area contributed by atoms with E-state index in [9.17, 15) is 0 Å². The minimum Gasteiger partial charge on any atom is -0.497 e. The number of methoxy groups -OCH3 is 2. The molecule has 0 unspecified atom stereocenters. The van der Waals surface area contributed by atoms with Crippen LogP contribution in [0.5, 0.6) is 17.2 Å². The molecule has 0 atom stereocenters. The summed E-state index contributed by atoms with van der Waals surface area (Å²) in [5.74, 6) is 3.66. The standard InChI is InChI=1S/C26H28N2O3/c1-29-21-11-9-20(10-12-21)19-26-27-24-7-3-4-8-25(24)28(26)17-5-6-18-31-23-15-13-22(30-2)14-16-23/h3-4,7-16H,5-6,17-19H2,1-2H3. The number of aryl methyl sites for hydroxylation is 1. The molecular weight excluding hydrogens is 388 g/mol. The van der Waals surface area contributed by atoms with Crippen LogP contribution in [-0.4, -0.2) is 30.4 Å². The maximum Gasteiger partial charge on any atom is 0.119 e. The van der Waals surface area contributed by atoms with E-state index in [1.54, 1.807) is 14.2 Å². The molecule has 5 nitrogen and oxygen atoms in total. The highest BCUT2D eigenvalue weighted by atomic mass is 16.5. The fourth-order valence-corrected chi connectivity index (χ4v) is 3.67. The van der Waals surface area contributed by atoms with Gasteiger partial charge in [0, 0.05) is 13.0 Å². The Morgan fingerprint density at radius 2 is 1.39 bits per heavy atom. The highest BCUT2D eigenvalue weighted by Crippen LogP contribution is 2.21. The zero-order chi connectivity index (χ0) is 21.5. The summed E-state index contributed by atoms with van der Waals surface area (Å²) < 4.78 is 18.7. The molecule has 0 saturated carbocycles. The van der Waals surface area contributed by atoms with Crippen LogP contribution in [-0.2, 0) is 13.0 Å². The van der Waals surface area contributed by atoms with Crippen LogP contribution in [0.15, 0.2) is 72.8 Å².